The largest absolute Gasteiger partial charge is 0.335 e. The highest BCUT2D eigenvalue weighted by molar-refractivity contribution is 6.45. The van der Waals surface area contributed by atoms with E-state index in [2.05, 4.69) is 10.6 Å². The van der Waals surface area contributed by atoms with Crippen molar-refractivity contribution in [3.05, 3.63) is 0 Å². The summed E-state index contributed by atoms with van der Waals surface area (Å²) < 4.78 is 0. The summed E-state index contributed by atoms with van der Waals surface area (Å²) in [6, 6.07) is -1.69. The zero-order valence-corrected chi connectivity index (χ0v) is 15.5. The van der Waals surface area contributed by atoms with Crippen LogP contribution in [-0.4, -0.2) is 58.2 Å². The molecule has 3 fully saturated rings. The molecule has 1 heterocycles. The molecule has 2 atom stereocenters. The van der Waals surface area contributed by atoms with Gasteiger partial charge in [0.25, 0.3) is 0 Å². The second-order valence-electron chi connectivity index (χ2n) is 7.68. The Morgan fingerprint density at radius 2 is 1.59 bits per heavy atom. The summed E-state index contributed by atoms with van der Waals surface area (Å²) in [7, 11) is 0. The first-order valence-corrected chi connectivity index (χ1v) is 9.68. The molecule has 1 saturated heterocycles. The van der Waals surface area contributed by atoms with Gasteiger partial charge in [-0.05, 0) is 31.6 Å². The Morgan fingerprint density at radius 1 is 0.963 bits per heavy atom. The molecule has 0 aromatic rings. The van der Waals surface area contributed by atoms with Crippen molar-refractivity contribution in [1.82, 2.24) is 20.4 Å². The SMILES string of the molecule is C[C@H]1CCCC[C@H]1N1C(=O)C(=O)N(CC(=O)NC(=O)NC2CCCC2)C1=O. The van der Waals surface area contributed by atoms with E-state index in [9.17, 15) is 24.0 Å². The molecule has 0 spiro atoms. The third kappa shape index (κ3) is 4.12. The fourth-order valence-electron chi connectivity index (χ4n) is 4.24. The molecule has 3 rings (SSSR count). The Labute approximate surface area is 157 Å². The van der Waals surface area contributed by atoms with Gasteiger partial charge in [-0.2, -0.15) is 0 Å². The molecule has 2 saturated carbocycles. The van der Waals surface area contributed by atoms with Crippen LogP contribution in [0.1, 0.15) is 58.3 Å². The molecule has 1 aliphatic heterocycles. The Bertz CT molecular complexity index is 658. The van der Waals surface area contributed by atoms with Crippen LogP contribution >= 0.6 is 0 Å². The lowest BCUT2D eigenvalue weighted by atomic mass is 9.85. The van der Waals surface area contributed by atoms with Gasteiger partial charge >= 0.3 is 23.9 Å². The molecular formula is C18H26N4O5. The number of hydrogen-bond donors (Lipinski definition) is 2. The van der Waals surface area contributed by atoms with Gasteiger partial charge in [0.1, 0.15) is 6.54 Å². The molecule has 0 aromatic heterocycles. The molecular weight excluding hydrogens is 352 g/mol. The van der Waals surface area contributed by atoms with Crippen LogP contribution in [0.5, 0.6) is 0 Å². The summed E-state index contributed by atoms with van der Waals surface area (Å²) in [4.78, 5) is 62.7. The molecule has 0 radical (unpaired) electrons. The van der Waals surface area contributed by atoms with Gasteiger partial charge in [0, 0.05) is 12.1 Å². The van der Waals surface area contributed by atoms with Crippen LogP contribution in [-0.2, 0) is 14.4 Å². The smallest absolute Gasteiger partial charge is 0.334 e. The average molecular weight is 378 g/mol. The monoisotopic (exact) mass is 378 g/mol. The van der Waals surface area contributed by atoms with E-state index in [0.717, 1.165) is 49.8 Å². The molecule has 2 N–H and O–H groups in total. The van der Waals surface area contributed by atoms with Crippen molar-refractivity contribution in [2.75, 3.05) is 6.54 Å². The van der Waals surface area contributed by atoms with Gasteiger partial charge in [-0.15, -0.1) is 0 Å². The highest BCUT2D eigenvalue weighted by Crippen LogP contribution is 2.31. The first kappa shape index (κ1) is 19.3. The number of carbonyl (C=O) groups is 5. The second-order valence-corrected chi connectivity index (χ2v) is 7.68. The van der Waals surface area contributed by atoms with Crippen LogP contribution < -0.4 is 10.6 Å². The van der Waals surface area contributed by atoms with Gasteiger partial charge in [0.2, 0.25) is 5.91 Å². The first-order valence-electron chi connectivity index (χ1n) is 9.68. The van der Waals surface area contributed by atoms with Crippen LogP contribution in [0.4, 0.5) is 9.59 Å². The minimum atomic E-state index is -1.01. The summed E-state index contributed by atoms with van der Waals surface area (Å²) in [5.41, 5.74) is 0. The number of rotatable bonds is 4. The lowest BCUT2D eigenvalue weighted by Crippen LogP contribution is -2.49. The summed E-state index contributed by atoms with van der Waals surface area (Å²) in [6.45, 7) is 1.32. The van der Waals surface area contributed by atoms with Gasteiger partial charge < -0.3 is 5.32 Å². The molecule has 7 amide bonds. The van der Waals surface area contributed by atoms with E-state index in [-0.39, 0.29) is 18.0 Å². The number of nitrogens with zero attached hydrogens (tertiary/aromatic N) is 2. The number of urea groups is 2. The normalized spacial score (nSPS) is 26.6. The fourth-order valence-corrected chi connectivity index (χ4v) is 4.24. The van der Waals surface area contributed by atoms with Gasteiger partial charge in [-0.1, -0.05) is 32.6 Å². The maximum atomic E-state index is 12.6. The molecule has 0 bridgehead atoms. The highest BCUT2D eigenvalue weighted by atomic mass is 16.2. The Kier molecular flexibility index (Phi) is 5.76. The van der Waals surface area contributed by atoms with E-state index >= 15 is 0 Å². The Morgan fingerprint density at radius 3 is 2.26 bits per heavy atom. The van der Waals surface area contributed by atoms with E-state index in [1.165, 1.54) is 0 Å². The number of nitrogens with one attached hydrogen (secondary N) is 2. The predicted octanol–water partition coefficient (Wildman–Crippen LogP) is 1.12. The van der Waals surface area contributed by atoms with Crippen molar-refractivity contribution in [1.29, 1.82) is 0 Å². The van der Waals surface area contributed by atoms with Crippen molar-refractivity contribution in [3.8, 4) is 0 Å². The van der Waals surface area contributed by atoms with Crippen LogP contribution in [0.25, 0.3) is 0 Å². The van der Waals surface area contributed by atoms with Gasteiger partial charge in [0.05, 0.1) is 0 Å². The van der Waals surface area contributed by atoms with Crippen LogP contribution in [0, 0.1) is 5.92 Å². The predicted molar refractivity (Wildman–Crippen MR) is 94.3 cm³/mol. The number of hydrogen-bond acceptors (Lipinski definition) is 5. The molecule has 0 aromatic carbocycles. The van der Waals surface area contributed by atoms with Crippen LogP contribution in [0.15, 0.2) is 0 Å². The van der Waals surface area contributed by atoms with Crippen molar-refractivity contribution in [2.45, 2.75) is 70.4 Å². The fraction of sp³-hybridized carbons (Fsp3) is 0.722. The van der Waals surface area contributed by atoms with E-state index < -0.39 is 36.3 Å². The molecule has 3 aliphatic rings. The third-order valence-corrected chi connectivity index (χ3v) is 5.73. The molecule has 9 heteroatoms. The quantitative estimate of drug-likeness (QED) is 0.562. The Balaban J connectivity index is 1.58. The van der Waals surface area contributed by atoms with Crippen molar-refractivity contribution in [2.24, 2.45) is 5.92 Å². The third-order valence-electron chi connectivity index (χ3n) is 5.73. The zero-order valence-electron chi connectivity index (χ0n) is 15.5. The minimum absolute atomic E-state index is 0.0395. The molecule has 27 heavy (non-hydrogen) atoms. The van der Waals surface area contributed by atoms with E-state index in [4.69, 9.17) is 0 Å². The molecule has 2 aliphatic carbocycles. The minimum Gasteiger partial charge on any atom is -0.335 e. The second kappa shape index (κ2) is 8.06. The average Bonchev–Trinajstić information content (AvgIpc) is 3.19. The van der Waals surface area contributed by atoms with Crippen LogP contribution in [0.3, 0.4) is 0 Å². The van der Waals surface area contributed by atoms with E-state index in [1.807, 2.05) is 6.92 Å². The first-order chi connectivity index (χ1) is 12.9. The summed E-state index contributed by atoms with van der Waals surface area (Å²) in [5.74, 6) is -2.57. The summed E-state index contributed by atoms with van der Waals surface area (Å²) >= 11 is 0. The lowest BCUT2D eigenvalue weighted by molar-refractivity contribution is -0.145. The molecule has 9 nitrogen and oxygen atoms in total. The molecule has 0 unspecified atom stereocenters. The standard InChI is InChI=1S/C18H26N4O5/c1-11-6-2-5-9-13(11)22-16(25)15(24)21(18(22)27)10-14(23)20-17(26)19-12-7-3-4-8-12/h11-13H,2-10H2,1H3,(H2,19,20,23,26)/t11-,13+/m0/s1. The van der Waals surface area contributed by atoms with Gasteiger partial charge in [-0.3, -0.25) is 24.6 Å². The van der Waals surface area contributed by atoms with Gasteiger partial charge in [-0.25, -0.2) is 14.5 Å². The zero-order chi connectivity index (χ0) is 19.6. The molecule has 148 valence electrons. The maximum absolute atomic E-state index is 12.6. The summed E-state index contributed by atoms with van der Waals surface area (Å²) in [5, 5.41) is 4.82. The van der Waals surface area contributed by atoms with Gasteiger partial charge in [0.15, 0.2) is 0 Å². The highest BCUT2D eigenvalue weighted by Gasteiger charge is 2.49. The van der Waals surface area contributed by atoms with Crippen molar-refractivity contribution in [3.63, 3.8) is 0 Å². The van der Waals surface area contributed by atoms with Crippen LogP contribution in [0.2, 0.25) is 0 Å². The topological polar surface area (TPSA) is 116 Å². The number of carbonyl (C=O) groups excluding carboxylic acids is 5. The van der Waals surface area contributed by atoms with Crippen molar-refractivity contribution < 1.29 is 24.0 Å². The van der Waals surface area contributed by atoms with Crippen molar-refractivity contribution >= 4 is 29.8 Å². The number of imide groups is 3. The van der Waals surface area contributed by atoms with E-state index in [0.29, 0.717) is 11.3 Å². The number of amides is 7. The van der Waals surface area contributed by atoms with E-state index in [1.54, 1.807) is 0 Å². The Hall–Kier alpha value is -2.45. The maximum Gasteiger partial charge on any atom is 0.334 e. The lowest BCUT2D eigenvalue weighted by Gasteiger charge is -2.34. The summed E-state index contributed by atoms with van der Waals surface area (Å²) in [6.07, 6.45) is 7.28.